The van der Waals surface area contributed by atoms with Crippen LogP contribution in [0.25, 0.3) is 0 Å². The molecule has 2 amide bonds. The van der Waals surface area contributed by atoms with Crippen LogP contribution in [0.1, 0.15) is 36.5 Å². The zero-order valence-corrected chi connectivity index (χ0v) is 15.1. The zero-order chi connectivity index (χ0) is 19.0. The molecular weight excluding hydrogens is 342 g/mol. The summed E-state index contributed by atoms with van der Waals surface area (Å²) in [5.41, 5.74) is 0.745. The molecule has 1 aliphatic carbocycles. The summed E-state index contributed by atoms with van der Waals surface area (Å²) in [5, 5.41) is 0. The Morgan fingerprint density at radius 1 is 0.963 bits per heavy atom. The van der Waals surface area contributed by atoms with E-state index in [1.807, 2.05) is 6.07 Å². The summed E-state index contributed by atoms with van der Waals surface area (Å²) in [4.78, 5) is 39.4. The van der Waals surface area contributed by atoms with Gasteiger partial charge in [0.1, 0.15) is 5.75 Å². The number of nitrogens with zero attached hydrogens (tertiary/aromatic N) is 1. The van der Waals surface area contributed by atoms with Crippen LogP contribution in [0.15, 0.2) is 54.6 Å². The lowest BCUT2D eigenvalue weighted by Gasteiger charge is -2.25. The van der Waals surface area contributed by atoms with Gasteiger partial charge in [-0.25, -0.2) is 4.79 Å². The van der Waals surface area contributed by atoms with E-state index < -0.39 is 5.97 Å². The van der Waals surface area contributed by atoms with E-state index in [-0.39, 0.29) is 23.7 Å². The van der Waals surface area contributed by atoms with E-state index in [0.29, 0.717) is 22.9 Å². The van der Waals surface area contributed by atoms with Crippen LogP contribution in [0.5, 0.6) is 5.75 Å². The second kappa shape index (κ2) is 6.99. The number of esters is 1. The first-order valence-corrected chi connectivity index (χ1v) is 9.29. The number of carbonyl (C=O) groups is 3. The van der Waals surface area contributed by atoms with Gasteiger partial charge in [0.05, 0.1) is 23.1 Å². The molecule has 2 fully saturated rings. The molecule has 0 unspecified atom stereocenters. The number of hydrogen-bond donors (Lipinski definition) is 0. The summed E-state index contributed by atoms with van der Waals surface area (Å²) in [5.74, 6) is -0.380. The lowest BCUT2D eigenvalue weighted by molar-refractivity contribution is -0.122. The van der Waals surface area contributed by atoms with Gasteiger partial charge in [-0.2, -0.15) is 0 Å². The fraction of sp³-hybridized carbons (Fsp3) is 0.318. The molecule has 1 heterocycles. The van der Waals surface area contributed by atoms with E-state index in [1.54, 1.807) is 48.5 Å². The van der Waals surface area contributed by atoms with E-state index in [0.717, 1.165) is 19.3 Å². The van der Waals surface area contributed by atoms with Crippen LogP contribution in [0.4, 0.5) is 5.69 Å². The van der Waals surface area contributed by atoms with E-state index >= 15 is 0 Å². The molecule has 0 radical (unpaired) electrons. The Balaban J connectivity index is 1.58. The van der Waals surface area contributed by atoms with E-state index in [9.17, 15) is 14.4 Å². The minimum absolute atomic E-state index is 0.148. The van der Waals surface area contributed by atoms with Gasteiger partial charge < -0.3 is 4.74 Å². The first-order valence-electron chi connectivity index (χ1n) is 9.29. The third-order valence-corrected chi connectivity index (χ3v) is 5.48. The molecule has 0 spiro atoms. The molecule has 0 aromatic heterocycles. The number of para-hydroxylation sites is 1. The fourth-order valence-electron chi connectivity index (χ4n) is 4.07. The van der Waals surface area contributed by atoms with Gasteiger partial charge in [-0.3, -0.25) is 14.5 Å². The third-order valence-electron chi connectivity index (χ3n) is 5.48. The van der Waals surface area contributed by atoms with Crippen molar-refractivity contribution in [1.29, 1.82) is 0 Å². The highest BCUT2D eigenvalue weighted by Gasteiger charge is 2.50. The molecule has 1 aliphatic heterocycles. The second-order valence-corrected chi connectivity index (χ2v) is 7.40. The largest absolute Gasteiger partial charge is 0.423 e. The van der Waals surface area contributed by atoms with Crippen molar-refractivity contribution in [1.82, 2.24) is 0 Å². The zero-order valence-electron chi connectivity index (χ0n) is 15.1. The van der Waals surface area contributed by atoms with Crippen LogP contribution in [0.3, 0.4) is 0 Å². The molecule has 2 aromatic carbocycles. The maximum atomic E-state index is 12.9. The Morgan fingerprint density at radius 2 is 1.70 bits per heavy atom. The van der Waals surface area contributed by atoms with Gasteiger partial charge in [0.25, 0.3) is 0 Å². The highest BCUT2D eigenvalue weighted by Crippen LogP contribution is 2.42. The van der Waals surface area contributed by atoms with Gasteiger partial charge in [0, 0.05) is 0 Å². The Morgan fingerprint density at radius 3 is 2.48 bits per heavy atom. The van der Waals surface area contributed by atoms with E-state index in [4.69, 9.17) is 4.74 Å². The molecule has 0 N–H and O–H groups in total. The first-order chi connectivity index (χ1) is 13.0. The predicted octanol–water partition coefficient (Wildman–Crippen LogP) is 3.83. The minimum atomic E-state index is -0.520. The summed E-state index contributed by atoms with van der Waals surface area (Å²) < 4.78 is 5.35. The molecule has 5 heteroatoms. The van der Waals surface area contributed by atoms with Crippen LogP contribution in [0.2, 0.25) is 0 Å². The van der Waals surface area contributed by atoms with Gasteiger partial charge >= 0.3 is 5.97 Å². The monoisotopic (exact) mass is 363 g/mol. The van der Waals surface area contributed by atoms with Crippen molar-refractivity contribution in [2.45, 2.75) is 26.2 Å². The predicted molar refractivity (Wildman–Crippen MR) is 100 cm³/mol. The Hall–Kier alpha value is -2.95. The molecule has 5 nitrogen and oxygen atoms in total. The number of rotatable bonds is 3. The van der Waals surface area contributed by atoms with Gasteiger partial charge in [-0.05, 0) is 55.5 Å². The topological polar surface area (TPSA) is 63.7 Å². The molecule has 27 heavy (non-hydrogen) atoms. The molecule has 3 atom stereocenters. The fourth-order valence-corrected chi connectivity index (χ4v) is 4.07. The maximum Gasteiger partial charge on any atom is 0.343 e. The van der Waals surface area contributed by atoms with Crippen LogP contribution in [-0.2, 0) is 9.59 Å². The Bertz CT molecular complexity index is 892. The summed E-state index contributed by atoms with van der Waals surface area (Å²) in [6.07, 6.45) is 2.47. The second-order valence-electron chi connectivity index (χ2n) is 7.40. The van der Waals surface area contributed by atoms with Crippen LogP contribution in [0, 0.1) is 17.8 Å². The quantitative estimate of drug-likeness (QED) is 0.472. The third kappa shape index (κ3) is 3.25. The van der Waals surface area contributed by atoms with Gasteiger partial charge in [-0.15, -0.1) is 0 Å². The van der Waals surface area contributed by atoms with Gasteiger partial charge in [0.15, 0.2) is 0 Å². The summed E-state index contributed by atoms with van der Waals surface area (Å²) in [6, 6.07) is 15.3. The lowest BCUT2D eigenvalue weighted by Crippen LogP contribution is -2.31. The molecule has 1 saturated carbocycles. The van der Waals surface area contributed by atoms with Crippen LogP contribution >= 0.6 is 0 Å². The molecule has 0 bridgehead atoms. The van der Waals surface area contributed by atoms with Crippen LogP contribution < -0.4 is 9.64 Å². The highest BCUT2D eigenvalue weighted by atomic mass is 16.5. The average molecular weight is 363 g/mol. The van der Waals surface area contributed by atoms with Gasteiger partial charge in [0.2, 0.25) is 11.8 Å². The van der Waals surface area contributed by atoms with Crippen LogP contribution in [-0.4, -0.2) is 17.8 Å². The number of amides is 2. The molecular formula is C22H21NO4. The number of hydrogen-bond acceptors (Lipinski definition) is 4. The summed E-state index contributed by atoms with van der Waals surface area (Å²) in [6.45, 7) is 2.12. The number of fused-ring (bicyclic) bond motifs is 1. The molecule has 4 rings (SSSR count). The number of anilines is 1. The summed E-state index contributed by atoms with van der Waals surface area (Å²) in [7, 11) is 0. The number of carbonyl (C=O) groups excluding carboxylic acids is 3. The minimum Gasteiger partial charge on any atom is -0.423 e. The summed E-state index contributed by atoms with van der Waals surface area (Å²) >= 11 is 0. The van der Waals surface area contributed by atoms with Crippen molar-refractivity contribution in [3.63, 3.8) is 0 Å². The first kappa shape index (κ1) is 17.5. The van der Waals surface area contributed by atoms with Crippen molar-refractivity contribution >= 4 is 23.5 Å². The SMILES string of the molecule is C[C@@H]1CC[C@@H]2C(=O)N(c3cccc(C(=O)Oc4ccccc4)c3)C(=O)[C@@H]2C1. The maximum absolute atomic E-state index is 12.9. The van der Waals surface area contributed by atoms with Crippen molar-refractivity contribution in [3.05, 3.63) is 60.2 Å². The van der Waals surface area contributed by atoms with E-state index in [2.05, 4.69) is 6.92 Å². The van der Waals surface area contributed by atoms with Crippen molar-refractivity contribution in [3.8, 4) is 5.75 Å². The standard InChI is InChI=1S/C22H21NO4/c1-14-10-11-18-19(12-14)21(25)23(20(18)24)16-7-5-6-15(13-16)22(26)27-17-8-3-2-4-9-17/h2-9,13-14,18-19H,10-12H2,1H3/t14-,18+,19-/m1/s1. The molecule has 138 valence electrons. The number of benzene rings is 2. The number of ether oxygens (including phenoxy) is 1. The highest BCUT2D eigenvalue weighted by molar-refractivity contribution is 6.22. The Kier molecular flexibility index (Phi) is 4.52. The van der Waals surface area contributed by atoms with E-state index in [1.165, 1.54) is 4.90 Å². The van der Waals surface area contributed by atoms with Gasteiger partial charge in [-0.1, -0.05) is 31.2 Å². The van der Waals surface area contributed by atoms with Crippen molar-refractivity contribution in [2.75, 3.05) is 4.90 Å². The molecule has 2 aliphatic rings. The lowest BCUT2D eigenvalue weighted by atomic mass is 9.76. The Labute approximate surface area is 157 Å². The normalized spacial score (nSPS) is 24.6. The average Bonchev–Trinajstić information content (AvgIpc) is 2.92. The van der Waals surface area contributed by atoms with Crippen molar-refractivity contribution < 1.29 is 19.1 Å². The smallest absolute Gasteiger partial charge is 0.343 e. The number of imide groups is 1. The van der Waals surface area contributed by atoms with Crippen molar-refractivity contribution in [2.24, 2.45) is 17.8 Å². The molecule has 2 aromatic rings. The molecule has 1 saturated heterocycles.